The van der Waals surface area contributed by atoms with Crippen LogP contribution >= 0.6 is 0 Å². The van der Waals surface area contributed by atoms with Gasteiger partial charge in [-0.15, -0.1) is 0 Å². The van der Waals surface area contributed by atoms with E-state index in [2.05, 4.69) is 15.0 Å². The molecule has 4 N–H and O–H groups in total. The molecule has 0 spiro atoms. The molecule has 1 amide bonds. The van der Waals surface area contributed by atoms with Gasteiger partial charge in [-0.1, -0.05) is 30.3 Å². The number of benzene rings is 3. The van der Waals surface area contributed by atoms with Gasteiger partial charge >= 0.3 is 0 Å². The Balaban J connectivity index is 1.45. The van der Waals surface area contributed by atoms with Crippen LogP contribution in [0.4, 0.5) is 5.69 Å². The minimum absolute atomic E-state index is 0.0517. The molecule has 0 aliphatic carbocycles. The second-order valence-electron chi connectivity index (χ2n) is 8.88. The van der Waals surface area contributed by atoms with Crippen LogP contribution in [0.15, 0.2) is 71.8 Å². The normalized spacial score (nSPS) is 13.8. The molecule has 3 aromatic carbocycles. The van der Waals surface area contributed by atoms with Crippen molar-refractivity contribution in [3.8, 4) is 16.9 Å². The number of aliphatic hydroxyl groups excluding tert-OH is 1. The van der Waals surface area contributed by atoms with Crippen molar-refractivity contribution >= 4 is 32.5 Å². The van der Waals surface area contributed by atoms with Gasteiger partial charge in [-0.25, -0.2) is 13.1 Å². The van der Waals surface area contributed by atoms with Crippen molar-refractivity contribution < 1.29 is 23.1 Å². The predicted octanol–water partition coefficient (Wildman–Crippen LogP) is 3.61. The number of anilines is 1. The number of hydrogen-bond acceptors (Lipinski definition) is 5. The van der Waals surface area contributed by atoms with E-state index in [-0.39, 0.29) is 17.4 Å². The summed E-state index contributed by atoms with van der Waals surface area (Å²) in [6.07, 6.45) is 2.77. The van der Waals surface area contributed by atoms with Crippen LogP contribution in [-0.2, 0) is 27.7 Å². The van der Waals surface area contributed by atoms with E-state index < -0.39 is 16.1 Å². The van der Waals surface area contributed by atoms with Crippen molar-refractivity contribution in [2.75, 3.05) is 18.5 Å². The number of sulfonamides is 1. The Labute approximate surface area is 209 Å². The Hall–Kier alpha value is -3.66. The zero-order chi connectivity index (χ0) is 25.3. The quantitative estimate of drug-likeness (QED) is 0.292. The van der Waals surface area contributed by atoms with Crippen molar-refractivity contribution in [3.63, 3.8) is 0 Å². The summed E-state index contributed by atoms with van der Waals surface area (Å²) < 4.78 is 35.5. The second kappa shape index (κ2) is 9.77. The van der Waals surface area contributed by atoms with Gasteiger partial charge in [0.2, 0.25) is 15.9 Å². The molecule has 0 saturated carbocycles. The van der Waals surface area contributed by atoms with E-state index >= 15 is 0 Å². The highest BCUT2D eigenvalue weighted by Gasteiger charge is 2.29. The second-order valence-corrected chi connectivity index (χ2v) is 10.6. The smallest absolute Gasteiger partial charge is 0.244 e. The molecule has 1 aromatic heterocycles. The summed E-state index contributed by atoms with van der Waals surface area (Å²) in [6.45, 7) is 1.49. The Kier molecular flexibility index (Phi) is 6.53. The summed E-state index contributed by atoms with van der Waals surface area (Å²) in [5, 5.41) is 13.7. The zero-order valence-corrected chi connectivity index (χ0v) is 20.6. The van der Waals surface area contributed by atoms with E-state index in [1.807, 2.05) is 48.7 Å². The fourth-order valence-corrected chi connectivity index (χ4v) is 6.02. The molecule has 0 radical (unpaired) electrons. The lowest BCUT2D eigenvalue weighted by Crippen LogP contribution is -2.39. The van der Waals surface area contributed by atoms with Crippen molar-refractivity contribution in [2.24, 2.45) is 0 Å². The first-order valence-corrected chi connectivity index (χ1v) is 13.2. The maximum atomic E-state index is 13.6. The molecule has 0 saturated heterocycles. The minimum Gasteiger partial charge on any atom is -0.492 e. The van der Waals surface area contributed by atoms with Gasteiger partial charge in [0.25, 0.3) is 0 Å². The fraction of sp³-hybridized carbons (Fsp3) is 0.222. The van der Waals surface area contributed by atoms with Gasteiger partial charge in [0.15, 0.2) is 0 Å². The maximum Gasteiger partial charge on any atom is 0.244 e. The van der Waals surface area contributed by atoms with E-state index in [4.69, 9.17) is 4.74 Å². The number of ether oxygens (including phenoxy) is 1. The third kappa shape index (κ3) is 4.86. The van der Waals surface area contributed by atoms with Crippen LogP contribution in [0.1, 0.15) is 18.1 Å². The lowest BCUT2D eigenvalue weighted by Gasteiger charge is -2.18. The van der Waals surface area contributed by atoms with Crippen LogP contribution in [0.3, 0.4) is 0 Å². The molecule has 2 heterocycles. The summed E-state index contributed by atoms with van der Waals surface area (Å²) in [4.78, 5) is 14.5. The van der Waals surface area contributed by atoms with Crippen LogP contribution in [0.2, 0.25) is 0 Å². The van der Waals surface area contributed by atoms with Crippen molar-refractivity contribution in [2.45, 2.75) is 30.7 Å². The monoisotopic (exact) mass is 505 g/mol. The zero-order valence-electron chi connectivity index (χ0n) is 19.7. The Bertz CT molecular complexity index is 1530. The summed E-state index contributed by atoms with van der Waals surface area (Å²) >= 11 is 0. The van der Waals surface area contributed by atoms with E-state index in [0.29, 0.717) is 30.9 Å². The van der Waals surface area contributed by atoms with Gasteiger partial charge in [0.1, 0.15) is 10.6 Å². The van der Waals surface area contributed by atoms with Gasteiger partial charge in [0, 0.05) is 42.2 Å². The molecule has 1 aliphatic heterocycles. The van der Waals surface area contributed by atoms with Crippen LogP contribution in [0.25, 0.3) is 22.0 Å². The number of aliphatic hydroxyl groups is 1. The van der Waals surface area contributed by atoms with Crippen LogP contribution in [0, 0.1) is 0 Å². The average Bonchev–Trinajstić information content (AvgIpc) is 3.50. The molecule has 9 heteroatoms. The van der Waals surface area contributed by atoms with E-state index in [1.54, 1.807) is 18.2 Å². The van der Waals surface area contributed by atoms with E-state index in [1.165, 1.54) is 6.92 Å². The van der Waals surface area contributed by atoms with Crippen LogP contribution < -0.4 is 14.8 Å². The molecule has 0 unspecified atom stereocenters. The summed E-state index contributed by atoms with van der Waals surface area (Å²) in [5.41, 5.74) is 4.89. The Morgan fingerprint density at radius 2 is 1.89 bits per heavy atom. The third-order valence-corrected chi connectivity index (χ3v) is 7.79. The number of aromatic amines is 1. The standard InChI is InChI=1S/C27H27N3O5S/c1-17(32)29-22-8-6-18(7-9-22)20-12-19-10-11-35-27(19)26(14-20)36(33,34)30-23(16-31)13-21-15-28-25-5-3-2-4-24(21)25/h2-9,12,14-15,23,28,30-31H,10-11,13,16H2,1H3,(H,29,32)/t23-/m1/s1. The fourth-order valence-electron chi connectivity index (χ4n) is 4.58. The molecule has 5 rings (SSSR count). The Morgan fingerprint density at radius 1 is 1.11 bits per heavy atom. The molecule has 4 aromatic rings. The molecular weight excluding hydrogens is 478 g/mol. The molecule has 0 fully saturated rings. The van der Waals surface area contributed by atoms with Crippen molar-refractivity contribution in [1.82, 2.24) is 9.71 Å². The lowest BCUT2D eigenvalue weighted by molar-refractivity contribution is -0.114. The highest BCUT2D eigenvalue weighted by atomic mass is 32.2. The number of hydrogen-bond donors (Lipinski definition) is 4. The first kappa shape index (κ1) is 24.1. The van der Waals surface area contributed by atoms with E-state index in [9.17, 15) is 18.3 Å². The summed E-state index contributed by atoms with van der Waals surface area (Å²) in [5.74, 6) is 0.188. The molecule has 36 heavy (non-hydrogen) atoms. The molecule has 0 bridgehead atoms. The molecule has 8 nitrogen and oxygen atoms in total. The SMILES string of the molecule is CC(=O)Nc1ccc(-c2cc3c(c(S(=O)(=O)N[C@@H](CO)Cc4c[nH]c5ccccc45)c2)OCC3)cc1. The largest absolute Gasteiger partial charge is 0.492 e. The number of carbonyl (C=O) groups is 1. The molecular formula is C27H27N3O5S. The van der Waals surface area contributed by atoms with Gasteiger partial charge < -0.3 is 20.1 Å². The number of rotatable bonds is 8. The topological polar surface area (TPSA) is 121 Å². The number of aromatic nitrogens is 1. The first-order valence-electron chi connectivity index (χ1n) is 11.7. The molecule has 1 aliphatic rings. The predicted molar refractivity (Wildman–Crippen MR) is 139 cm³/mol. The number of nitrogens with one attached hydrogen (secondary N) is 3. The molecule has 186 valence electrons. The van der Waals surface area contributed by atoms with Gasteiger partial charge in [-0.05, 0) is 59.0 Å². The minimum atomic E-state index is -4.01. The Morgan fingerprint density at radius 3 is 2.64 bits per heavy atom. The van der Waals surface area contributed by atoms with Crippen molar-refractivity contribution in [1.29, 1.82) is 0 Å². The van der Waals surface area contributed by atoms with Crippen molar-refractivity contribution in [3.05, 3.63) is 78.0 Å². The average molecular weight is 506 g/mol. The number of fused-ring (bicyclic) bond motifs is 2. The summed E-state index contributed by atoms with van der Waals surface area (Å²) in [7, 11) is -4.01. The van der Waals surface area contributed by atoms with E-state index in [0.717, 1.165) is 33.2 Å². The van der Waals surface area contributed by atoms with Gasteiger partial charge in [-0.3, -0.25) is 4.79 Å². The first-order chi connectivity index (χ1) is 17.3. The van der Waals surface area contributed by atoms with Gasteiger partial charge in [0.05, 0.1) is 13.2 Å². The third-order valence-electron chi connectivity index (χ3n) is 6.26. The summed E-state index contributed by atoms with van der Waals surface area (Å²) in [6, 6.07) is 17.8. The number of carbonyl (C=O) groups excluding carboxylic acids is 1. The number of para-hydroxylation sites is 1. The number of amides is 1. The highest BCUT2D eigenvalue weighted by Crippen LogP contribution is 2.37. The number of H-pyrrole nitrogens is 1. The highest BCUT2D eigenvalue weighted by molar-refractivity contribution is 7.89. The van der Waals surface area contributed by atoms with Gasteiger partial charge in [-0.2, -0.15) is 0 Å². The molecule has 1 atom stereocenters. The lowest BCUT2D eigenvalue weighted by atomic mass is 10.0. The van der Waals surface area contributed by atoms with Crippen LogP contribution in [0.5, 0.6) is 5.75 Å². The maximum absolute atomic E-state index is 13.6. The van der Waals surface area contributed by atoms with Crippen LogP contribution in [-0.4, -0.2) is 43.7 Å².